The van der Waals surface area contributed by atoms with Crippen molar-refractivity contribution in [1.82, 2.24) is 9.78 Å². The minimum absolute atomic E-state index is 0.361. The van der Waals surface area contributed by atoms with Crippen LogP contribution in [-0.4, -0.2) is 28.5 Å². The van der Waals surface area contributed by atoms with Crippen molar-refractivity contribution in [2.24, 2.45) is 7.05 Å². The number of nitrogens with zero attached hydrogens (tertiary/aromatic N) is 2. The lowest BCUT2D eigenvalue weighted by molar-refractivity contribution is 0.0637. The molecule has 16 heavy (non-hydrogen) atoms. The van der Waals surface area contributed by atoms with E-state index in [1.54, 1.807) is 0 Å². The Hall–Kier alpha value is -1.03. The Morgan fingerprint density at radius 1 is 1.56 bits per heavy atom. The van der Waals surface area contributed by atoms with Gasteiger partial charge in [-0.25, -0.2) is 0 Å². The van der Waals surface area contributed by atoms with E-state index in [-0.39, 0.29) is 0 Å². The van der Waals surface area contributed by atoms with E-state index in [0.29, 0.717) is 12.2 Å². The van der Waals surface area contributed by atoms with Gasteiger partial charge < -0.3 is 10.1 Å². The molecular formula is C12H21N3O. The summed E-state index contributed by atoms with van der Waals surface area (Å²) in [5.74, 6) is 0. The summed E-state index contributed by atoms with van der Waals surface area (Å²) in [6.45, 7) is 5.16. The zero-order chi connectivity index (χ0) is 11.5. The molecule has 4 heteroatoms. The van der Waals surface area contributed by atoms with Crippen LogP contribution in [0, 0.1) is 0 Å². The van der Waals surface area contributed by atoms with Crippen molar-refractivity contribution in [2.75, 3.05) is 11.9 Å². The van der Waals surface area contributed by atoms with Crippen molar-refractivity contribution in [3.63, 3.8) is 0 Å². The van der Waals surface area contributed by atoms with Crippen molar-refractivity contribution in [1.29, 1.82) is 0 Å². The molecule has 2 rings (SSSR count). The first-order valence-electron chi connectivity index (χ1n) is 6.11. The molecule has 1 saturated heterocycles. The standard InChI is InChI=1S/C12H21N3O/c1-4-11-12(8-15(3)14-11)13-7-10-6-5-9(2)16-10/h8-10,13H,4-7H2,1-3H3. The minimum Gasteiger partial charge on any atom is -0.380 e. The summed E-state index contributed by atoms with van der Waals surface area (Å²) < 4.78 is 7.63. The Labute approximate surface area is 97.0 Å². The van der Waals surface area contributed by atoms with Crippen LogP contribution in [0.1, 0.15) is 32.4 Å². The van der Waals surface area contributed by atoms with Crippen LogP contribution < -0.4 is 5.32 Å². The van der Waals surface area contributed by atoms with E-state index in [9.17, 15) is 0 Å². The van der Waals surface area contributed by atoms with Crippen molar-refractivity contribution >= 4 is 5.69 Å². The summed E-state index contributed by atoms with van der Waals surface area (Å²) >= 11 is 0. The largest absolute Gasteiger partial charge is 0.380 e. The highest BCUT2D eigenvalue weighted by atomic mass is 16.5. The van der Waals surface area contributed by atoms with Gasteiger partial charge in [0, 0.05) is 19.8 Å². The van der Waals surface area contributed by atoms with Crippen LogP contribution in [-0.2, 0) is 18.2 Å². The van der Waals surface area contributed by atoms with Gasteiger partial charge in [-0.1, -0.05) is 6.92 Å². The number of ether oxygens (including phenoxy) is 1. The first kappa shape index (κ1) is 11.5. The number of hydrogen-bond donors (Lipinski definition) is 1. The van der Waals surface area contributed by atoms with E-state index in [1.165, 1.54) is 6.42 Å². The molecule has 1 aromatic heterocycles. The van der Waals surface area contributed by atoms with Crippen molar-refractivity contribution in [3.05, 3.63) is 11.9 Å². The first-order valence-corrected chi connectivity index (χ1v) is 6.11. The molecule has 2 heterocycles. The fraction of sp³-hybridized carbons (Fsp3) is 0.750. The second-order valence-electron chi connectivity index (χ2n) is 4.54. The van der Waals surface area contributed by atoms with Gasteiger partial charge >= 0.3 is 0 Å². The summed E-state index contributed by atoms with van der Waals surface area (Å²) in [5.41, 5.74) is 2.28. The molecule has 0 saturated carbocycles. The molecule has 0 aromatic carbocycles. The Morgan fingerprint density at radius 3 is 3.00 bits per heavy atom. The Bertz CT molecular complexity index is 348. The quantitative estimate of drug-likeness (QED) is 0.848. The van der Waals surface area contributed by atoms with Crippen molar-refractivity contribution in [3.8, 4) is 0 Å². The molecule has 0 aliphatic carbocycles. The SMILES string of the molecule is CCc1nn(C)cc1NCC1CCC(C)O1. The number of aromatic nitrogens is 2. The molecule has 0 radical (unpaired) electrons. The van der Waals surface area contributed by atoms with Gasteiger partial charge in [0.2, 0.25) is 0 Å². The predicted molar refractivity (Wildman–Crippen MR) is 64.6 cm³/mol. The molecule has 1 aliphatic rings. The lowest BCUT2D eigenvalue weighted by Crippen LogP contribution is -2.20. The molecule has 1 fully saturated rings. The van der Waals surface area contributed by atoms with Crippen LogP contribution >= 0.6 is 0 Å². The minimum atomic E-state index is 0.361. The van der Waals surface area contributed by atoms with E-state index in [4.69, 9.17) is 4.74 Å². The smallest absolute Gasteiger partial charge is 0.0853 e. The molecule has 0 bridgehead atoms. The monoisotopic (exact) mass is 223 g/mol. The number of hydrogen-bond acceptors (Lipinski definition) is 3. The van der Waals surface area contributed by atoms with Crippen LogP contribution in [0.5, 0.6) is 0 Å². The topological polar surface area (TPSA) is 39.1 Å². The molecule has 0 spiro atoms. The fourth-order valence-corrected chi connectivity index (χ4v) is 2.20. The lowest BCUT2D eigenvalue weighted by atomic mass is 10.2. The fourth-order valence-electron chi connectivity index (χ4n) is 2.20. The maximum Gasteiger partial charge on any atom is 0.0853 e. The average Bonchev–Trinajstić information content (AvgIpc) is 2.81. The molecular weight excluding hydrogens is 202 g/mol. The van der Waals surface area contributed by atoms with Crippen molar-refractivity contribution < 1.29 is 4.74 Å². The molecule has 1 N–H and O–H groups in total. The van der Waals surface area contributed by atoms with Crippen LogP contribution in [0.4, 0.5) is 5.69 Å². The van der Waals surface area contributed by atoms with Gasteiger partial charge in [0.1, 0.15) is 0 Å². The average molecular weight is 223 g/mol. The van der Waals surface area contributed by atoms with Crippen molar-refractivity contribution in [2.45, 2.75) is 45.3 Å². The Morgan fingerprint density at radius 2 is 2.38 bits per heavy atom. The molecule has 0 amide bonds. The van der Waals surface area contributed by atoms with Gasteiger partial charge in [0.25, 0.3) is 0 Å². The summed E-state index contributed by atoms with van der Waals surface area (Å²) in [6.07, 6.45) is 6.13. The lowest BCUT2D eigenvalue weighted by Gasteiger charge is -2.12. The van der Waals surface area contributed by atoms with E-state index in [2.05, 4.69) is 24.3 Å². The summed E-state index contributed by atoms with van der Waals surface area (Å²) in [6, 6.07) is 0. The summed E-state index contributed by atoms with van der Waals surface area (Å²) in [7, 11) is 1.96. The highest BCUT2D eigenvalue weighted by molar-refractivity contribution is 5.46. The summed E-state index contributed by atoms with van der Waals surface area (Å²) in [4.78, 5) is 0. The summed E-state index contributed by atoms with van der Waals surface area (Å²) in [5, 5.41) is 7.84. The molecule has 4 nitrogen and oxygen atoms in total. The van der Waals surface area contributed by atoms with Gasteiger partial charge in [0.15, 0.2) is 0 Å². The third-order valence-corrected chi connectivity index (χ3v) is 3.08. The molecule has 90 valence electrons. The normalized spacial score (nSPS) is 24.9. The van der Waals surface area contributed by atoms with Crippen LogP contribution in [0.25, 0.3) is 0 Å². The molecule has 1 aromatic rings. The van der Waals surface area contributed by atoms with Crippen LogP contribution in [0.3, 0.4) is 0 Å². The van der Waals surface area contributed by atoms with Crippen LogP contribution in [0.2, 0.25) is 0 Å². The number of rotatable bonds is 4. The Balaban J connectivity index is 1.89. The second kappa shape index (κ2) is 4.87. The van der Waals surface area contributed by atoms with Gasteiger partial charge in [-0.3, -0.25) is 4.68 Å². The predicted octanol–water partition coefficient (Wildman–Crippen LogP) is 1.96. The van der Waals surface area contributed by atoms with Gasteiger partial charge in [-0.2, -0.15) is 5.10 Å². The number of aryl methyl sites for hydroxylation is 2. The molecule has 2 atom stereocenters. The third-order valence-electron chi connectivity index (χ3n) is 3.08. The highest BCUT2D eigenvalue weighted by Gasteiger charge is 2.21. The van der Waals surface area contributed by atoms with Gasteiger partial charge in [-0.15, -0.1) is 0 Å². The maximum absolute atomic E-state index is 5.77. The van der Waals surface area contributed by atoms with Crippen LogP contribution in [0.15, 0.2) is 6.20 Å². The number of anilines is 1. The van der Waals surface area contributed by atoms with Gasteiger partial charge in [-0.05, 0) is 26.2 Å². The number of nitrogens with one attached hydrogen (secondary N) is 1. The first-order chi connectivity index (χ1) is 7.69. The third kappa shape index (κ3) is 2.55. The van der Waals surface area contributed by atoms with E-state index >= 15 is 0 Å². The van der Waals surface area contributed by atoms with Gasteiger partial charge in [0.05, 0.1) is 23.6 Å². The zero-order valence-corrected chi connectivity index (χ0v) is 10.4. The van der Waals surface area contributed by atoms with E-state index < -0.39 is 0 Å². The second-order valence-corrected chi connectivity index (χ2v) is 4.54. The van der Waals surface area contributed by atoms with E-state index in [1.807, 2.05) is 17.9 Å². The molecule has 1 aliphatic heterocycles. The highest BCUT2D eigenvalue weighted by Crippen LogP contribution is 2.20. The zero-order valence-electron chi connectivity index (χ0n) is 10.4. The van der Waals surface area contributed by atoms with E-state index in [0.717, 1.165) is 30.8 Å². The maximum atomic E-state index is 5.77. The Kier molecular flexibility index (Phi) is 3.49. The molecule has 2 unspecified atom stereocenters.